The van der Waals surface area contributed by atoms with Gasteiger partial charge in [0.05, 0.1) is 11.2 Å². The van der Waals surface area contributed by atoms with Crippen molar-refractivity contribution in [3.8, 4) is 0 Å². The van der Waals surface area contributed by atoms with Crippen LogP contribution in [0.15, 0.2) is 0 Å². The van der Waals surface area contributed by atoms with Crippen LogP contribution in [0.4, 0.5) is 0 Å². The molecule has 1 aromatic rings. The third-order valence-corrected chi connectivity index (χ3v) is 5.28. The number of nitrogens with zero attached hydrogens (tertiary/aromatic N) is 1. The molecule has 0 bridgehead atoms. The van der Waals surface area contributed by atoms with Crippen molar-refractivity contribution in [2.45, 2.75) is 79.3 Å². The maximum Gasteiger partial charge on any atom is 0.113 e. The van der Waals surface area contributed by atoms with Crippen molar-refractivity contribution in [2.75, 3.05) is 0 Å². The van der Waals surface area contributed by atoms with Crippen molar-refractivity contribution in [3.05, 3.63) is 15.6 Å². The van der Waals surface area contributed by atoms with E-state index in [0.29, 0.717) is 6.04 Å². The molecule has 0 fully saturated rings. The summed E-state index contributed by atoms with van der Waals surface area (Å²) >= 11 is 1.87. The molecule has 2 nitrogen and oxygen atoms in total. The quantitative estimate of drug-likeness (QED) is 0.777. The summed E-state index contributed by atoms with van der Waals surface area (Å²) in [6, 6.07) is 0.480. The van der Waals surface area contributed by atoms with Gasteiger partial charge in [-0.15, -0.1) is 11.3 Å². The van der Waals surface area contributed by atoms with E-state index in [1.807, 2.05) is 11.3 Å². The molecule has 1 rings (SSSR count). The minimum absolute atomic E-state index is 0.0489. The predicted molar refractivity (Wildman–Crippen MR) is 85.9 cm³/mol. The van der Waals surface area contributed by atoms with Gasteiger partial charge in [-0.05, 0) is 46.5 Å². The first-order valence-electron chi connectivity index (χ1n) is 7.56. The van der Waals surface area contributed by atoms with E-state index in [1.54, 1.807) is 0 Å². The molecule has 0 radical (unpaired) electrons. The Labute approximate surface area is 123 Å². The summed E-state index contributed by atoms with van der Waals surface area (Å²) in [5.74, 6) is 0.718. The molecule has 3 heteroatoms. The van der Waals surface area contributed by atoms with E-state index in [-0.39, 0.29) is 5.54 Å². The van der Waals surface area contributed by atoms with Gasteiger partial charge in [-0.2, -0.15) is 0 Å². The van der Waals surface area contributed by atoms with E-state index in [4.69, 9.17) is 4.98 Å². The van der Waals surface area contributed by atoms with E-state index >= 15 is 0 Å². The Morgan fingerprint density at radius 1 is 1.21 bits per heavy atom. The Balaban J connectivity index is 3.14. The number of hydrogen-bond donors (Lipinski definition) is 1. The number of aryl methyl sites for hydroxylation is 2. The van der Waals surface area contributed by atoms with Crippen molar-refractivity contribution in [1.82, 2.24) is 10.3 Å². The first-order chi connectivity index (χ1) is 8.84. The summed E-state index contributed by atoms with van der Waals surface area (Å²) in [4.78, 5) is 6.20. The topological polar surface area (TPSA) is 24.9 Å². The van der Waals surface area contributed by atoms with Gasteiger partial charge in [0.25, 0.3) is 0 Å². The molecular formula is C16H30N2S. The molecule has 0 aromatic carbocycles. The third kappa shape index (κ3) is 4.03. The molecule has 0 aliphatic heterocycles. The van der Waals surface area contributed by atoms with Crippen molar-refractivity contribution in [1.29, 1.82) is 0 Å². The molecule has 1 aromatic heterocycles. The molecule has 1 N–H and O–H groups in total. The fourth-order valence-electron chi connectivity index (χ4n) is 2.57. The lowest BCUT2D eigenvalue weighted by Gasteiger charge is -2.36. The predicted octanol–water partition coefficient (Wildman–Crippen LogP) is 4.80. The highest BCUT2D eigenvalue weighted by Gasteiger charge is 2.35. The van der Waals surface area contributed by atoms with Crippen LogP contribution >= 0.6 is 11.3 Å². The van der Waals surface area contributed by atoms with E-state index in [9.17, 15) is 0 Å². The third-order valence-electron chi connectivity index (χ3n) is 4.00. The van der Waals surface area contributed by atoms with Crippen LogP contribution in [0, 0.1) is 19.8 Å². The Morgan fingerprint density at radius 3 is 2.21 bits per heavy atom. The molecule has 1 heterocycles. The number of nitrogens with one attached hydrogen (secondary N) is 1. The number of rotatable bonds is 7. The van der Waals surface area contributed by atoms with Crippen LogP contribution in [0.2, 0.25) is 0 Å². The van der Waals surface area contributed by atoms with Gasteiger partial charge in [-0.25, -0.2) is 4.98 Å². The molecule has 0 amide bonds. The Bertz CT molecular complexity index is 378. The van der Waals surface area contributed by atoms with Gasteiger partial charge < -0.3 is 5.32 Å². The van der Waals surface area contributed by atoms with Crippen LogP contribution in [0.5, 0.6) is 0 Å². The Kier molecular flexibility index (Phi) is 6.00. The van der Waals surface area contributed by atoms with Gasteiger partial charge >= 0.3 is 0 Å². The van der Waals surface area contributed by atoms with Crippen LogP contribution in [-0.4, -0.2) is 11.0 Å². The maximum atomic E-state index is 4.85. The summed E-state index contributed by atoms with van der Waals surface area (Å²) in [5, 5.41) is 5.09. The summed E-state index contributed by atoms with van der Waals surface area (Å²) < 4.78 is 0. The van der Waals surface area contributed by atoms with Crippen LogP contribution in [0.3, 0.4) is 0 Å². The highest BCUT2D eigenvalue weighted by Crippen LogP contribution is 2.37. The highest BCUT2D eigenvalue weighted by molar-refractivity contribution is 7.11. The van der Waals surface area contributed by atoms with Crippen molar-refractivity contribution in [3.63, 3.8) is 0 Å². The van der Waals surface area contributed by atoms with Gasteiger partial charge in [0, 0.05) is 10.9 Å². The second kappa shape index (κ2) is 6.85. The lowest BCUT2D eigenvalue weighted by molar-refractivity contribution is 0.231. The lowest BCUT2D eigenvalue weighted by Crippen LogP contribution is -2.46. The van der Waals surface area contributed by atoms with Gasteiger partial charge in [0.15, 0.2) is 0 Å². The first kappa shape index (κ1) is 16.6. The zero-order chi connectivity index (χ0) is 14.6. The van der Waals surface area contributed by atoms with E-state index < -0.39 is 0 Å². The number of hydrogen-bond acceptors (Lipinski definition) is 3. The number of aromatic nitrogens is 1. The molecule has 0 aliphatic rings. The average Bonchev–Trinajstić information content (AvgIpc) is 2.68. The lowest BCUT2D eigenvalue weighted by atomic mass is 9.84. The molecule has 110 valence electrons. The van der Waals surface area contributed by atoms with Crippen molar-refractivity contribution in [2.24, 2.45) is 5.92 Å². The van der Waals surface area contributed by atoms with Crippen LogP contribution in [0.1, 0.15) is 69.5 Å². The highest BCUT2D eigenvalue weighted by atomic mass is 32.1. The minimum Gasteiger partial charge on any atom is -0.303 e. The normalized spacial score (nSPS) is 16.6. The zero-order valence-corrected chi connectivity index (χ0v) is 14.4. The van der Waals surface area contributed by atoms with Crippen molar-refractivity contribution >= 4 is 11.3 Å². The maximum absolute atomic E-state index is 4.85. The zero-order valence-electron chi connectivity index (χ0n) is 13.6. The second-order valence-electron chi connectivity index (χ2n) is 6.11. The Morgan fingerprint density at radius 2 is 1.84 bits per heavy atom. The minimum atomic E-state index is 0.0489. The molecular weight excluding hydrogens is 252 g/mol. The van der Waals surface area contributed by atoms with Crippen LogP contribution in [0.25, 0.3) is 0 Å². The molecule has 19 heavy (non-hydrogen) atoms. The largest absolute Gasteiger partial charge is 0.303 e. The SMILES string of the molecule is CCC(C)CC(CC)(NC(C)C)c1nc(C)c(C)s1. The fourth-order valence-corrected chi connectivity index (χ4v) is 3.72. The molecule has 2 atom stereocenters. The van der Waals surface area contributed by atoms with E-state index in [2.05, 4.69) is 53.8 Å². The molecule has 0 saturated carbocycles. The van der Waals surface area contributed by atoms with Gasteiger partial charge in [0.1, 0.15) is 5.01 Å². The van der Waals surface area contributed by atoms with E-state index in [0.717, 1.165) is 12.3 Å². The first-order valence-corrected chi connectivity index (χ1v) is 8.38. The van der Waals surface area contributed by atoms with Gasteiger partial charge in [0.2, 0.25) is 0 Å². The van der Waals surface area contributed by atoms with E-state index in [1.165, 1.54) is 28.4 Å². The summed E-state index contributed by atoms with van der Waals surface area (Å²) in [5.41, 5.74) is 1.24. The van der Waals surface area contributed by atoms with Gasteiger partial charge in [-0.1, -0.05) is 27.2 Å². The average molecular weight is 282 g/mol. The molecule has 0 spiro atoms. The molecule has 2 unspecified atom stereocenters. The fraction of sp³-hybridized carbons (Fsp3) is 0.812. The summed E-state index contributed by atoms with van der Waals surface area (Å²) in [6.07, 6.45) is 3.50. The second-order valence-corrected chi connectivity index (χ2v) is 7.32. The summed E-state index contributed by atoms with van der Waals surface area (Å²) in [7, 11) is 0. The number of thiazole rings is 1. The molecule has 0 aliphatic carbocycles. The molecule has 0 saturated heterocycles. The summed E-state index contributed by atoms with van der Waals surface area (Å²) in [6.45, 7) is 15.7. The monoisotopic (exact) mass is 282 g/mol. The van der Waals surface area contributed by atoms with Crippen LogP contribution < -0.4 is 5.32 Å². The van der Waals surface area contributed by atoms with Crippen LogP contribution in [-0.2, 0) is 5.54 Å². The van der Waals surface area contributed by atoms with Gasteiger partial charge in [-0.3, -0.25) is 0 Å². The smallest absolute Gasteiger partial charge is 0.113 e. The van der Waals surface area contributed by atoms with Crippen molar-refractivity contribution < 1.29 is 0 Å². The Hall–Kier alpha value is -0.410. The standard InChI is InChI=1S/C16H30N2S/c1-8-12(5)10-16(9-2,18-11(3)4)15-17-13(6)14(7)19-15/h11-12,18H,8-10H2,1-7H3.